The lowest BCUT2D eigenvalue weighted by atomic mass is 10.1. The van der Waals surface area contributed by atoms with Crippen molar-refractivity contribution in [2.24, 2.45) is 0 Å². The molecule has 0 spiro atoms. The average molecular weight is 428 g/mol. The maximum absolute atomic E-state index is 12.3. The van der Waals surface area contributed by atoms with Gasteiger partial charge in [-0.15, -0.1) is 0 Å². The molecule has 2 aromatic carbocycles. The first-order valence-corrected chi connectivity index (χ1v) is 9.59. The van der Waals surface area contributed by atoms with Gasteiger partial charge in [0.25, 0.3) is 5.56 Å². The van der Waals surface area contributed by atoms with E-state index >= 15 is 0 Å². The van der Waals surface area contributed by atoms with E-state index in [2.05, 4.69) is 4.98 Å². The molecule has 3 N–H and O–H groups in total. The number of H-pyrrole nitrogens is 1. The molecule has 0 aliphatic heterocycles. The Hall–Kier alpha value is -3.40. The van der Waals surface area contributed by atoms with Crippen LogP contribution in [0.15, 0.2) is 64.3 Å². The van der Waals surface area contributed by atoms with Gasteiger partial charge in [0, 0.05) is 24.2 Å². The molecule has 0 fully saturated rings. The number of methoxy groups -OCH3 is 1. The van der Waals surface area contributed by atoms with Crippen LogP contribution in [0.5, 0.6) is 17.2 Å². The number of aliphatic hydroxyl groups is 2. The third kappa shape index (κ3) is 6.05. The lowest BCUT2D eigenvalue weighted by Gasteiger charge is -2.14. The topological polar surface area (TPSA) is 123 Å². The second kappa shape index (κ2) is 10.6. The van der Waals surface area contributed by atoms with E-state index < -0.39 is 17.4 Å². The maximum atomic E-state index is 12.3. The van der Waals surface area contributed by atoms with Crippen LogP contribution >= 0.6 is 0 Å². The van der Waals surface area contributed by atoms with Crippen molar-refractivity contribution in [3.05, 3.63) is 86.7 Å². The summed E-state index contributed by atoms with van der Waals surface area (Å²) in [7, 11) is 1.58. The fourth-order valence-electron chi connectivity index (χ4n) is 2.86. The molecule has 3 rings (SSSR count). The van der Waals surface area contributed by atoms with Crippen LogP contribution in [-0.4, -0.2) is 46.2 Å². The number of nitrogens with zero attached hydrogens (tertiary/aromatic N) is 1. The minimum absolute atomic E-state index is 0.215. The molecule has 0 amide bonds. The SMILES string of the molecule is COc1cccc(Oc2cccc(Cc3cn(COC(CO)CO)c(=O)[nH]c3=O)c2)c1. The quantitative estimate of drug-likeness (QED) is 0.444. The normalized spacial score (nSPS) is 11.0. The number of hydrogen-bond donors (Lipinski definition) is 3. The predicted octanol–water partition coefficient (Wildman–Crippen LogP) is 1.26. The van der Waals surface area contributed by atoms with Gasteiger partial charge in [0.1, 0.15) is 30.1 Å². The van der Waals surface area contributed by atoms with Gasteiger partial charge < -0.3 is 24.4 Å². The molecule has 0 unspecified atom stereocenters. The molecule has 3 aromatic rings. The van der Waals surface area contributed by atoms with Gasteiger partial charge in [-0.2, -0.15) is 0 Å². The summed E-state index contributed by atoms with van der Waals surface area (Å²) in [4.78, 5) is 26.5. The number of ether oxygens (including phenoxy) is 3. The van der Waals surface area contributed by atoms with Crippen LogP contribution in [0.2, 0.25) is 0 Å². The van der Waals surface area contributed by atoms with Gasteiger partial charge >= 0.3 is 5.69 Å². The summed E-state index contributed by atoms with van der Waals surface area (Å²) >= 11 is 0. The zero-order chi connectivity index (χ0) is 22.2. The molecule has 31 heavy (non-hydrogen) atoms. The van der Waals surface area contributed by atoms with E-state index in [-0.39, 0.29) is 26.4 Å². The second-order valence-electron chi connectivity index (χ2n) is 6.77. The molecule has 9 heteroatoms. The van der Waals surface area contributed by atoms with E-state index in [0.29, 0.717) is 22.8 Å². The third-order valence-electron chi connectivity index (χ3n) is 4.51. The van der Waals surface area contributed by atoms with E-state index in [1.165, 1.54) is 10.8 Å². The summed E-state index contributed by atoms with van der Waals surface area (Å²) in [5, 5.41) is 18.2. The minimum Gasteiger partial charge on any atom is -0.497 e. The fraction of sp³-hybridized carbons (Fsp3) is 0.273. The Morgan fingerprint density at radius 2 is 1.68 bits per heavy atom. The lowest BCUT2D eigenvalue weighted by molar-refractivity contribution is -0.0513. The molecular formula is C22H24N2O7. The van der Waals surface area contributed by atoms with Crippen molar-refractivity contribution in [1.29, 1.82) is 0 Å². The number of aromatic nitrogens is 2. The Morgan fingerprint density at radius 1 is 1.00 bits per heavy atom. The van der Waals surface area contributed by atoms with Crippen molar-refractivity contribution in [2.75, 3.05) is 20.3 Å². The molecule has 1 aromatic heterocycles. The van der Waals surface area contributed by atoms with Crippen LogP contribution in [0.1, 0.15) is 11.1 Å². The van der Waals surface area contributed by atoms with Gasteiger partial charge in [-0.05, 0) is 29.8 Å². The average Bonchev–Trinajstić information content (AvgIpc) is 2.77. The fourth-order valence-corrected chi connectivity index (χ4v) is 2.86. The number of benzene rings is 2. The molecule has 0 aliphatic carbocycles. The van der Waals surface area contributed by atoms with Gasteiger partial charge in [-0.3, -0.25) is 14.3 Å². The van der Waals surface area contributed by atoms with E-state index in [0.717, 1.165) is 5.56 Å². The summed E-state index contributed by atoms with van der Waals surface area (Å²) in [6, 6.07) is 14.5. The van der Waals surface area contributed by atoms with Crippen LogP contribution in [-0.2, 0) is 17.9 Å². The molecule has 0 saturated carbocycles. The van der Waals surface area contributed by atoms with Crippen molar-refractivity contribution in [1.82, 2.24) is 9.55 Å². The summed E-state index contributed by atoms with van der Waals surface area (Å²) in [5.74, 6) is 1.88. The smallest absolute Gasteiger partial charge is 0.330 e. The van der Waals surface area contributed by atoms with Gasteiger partial charge in [0.15, 0.2) is 0 Å². The minimum atomic E-state index is -0.812. The Morgan fingerprint density at radius 3 is 2.39 bits per heavy atom. The van der Waals surface area contributed by atoms with E-state index in [1.54, 1.807) is 25.3 Å². The molecule has 9 nitrogen and oxygen atoms in total. The van der Waals surface area contributed by atoms with Crippen molar-refractivity contribution in [3.63, 3.8) is 0 Å². The first-order chi connectivity index (χ1) is 15.0. The largest absolute Gasteiger partial charge is 0.497 e. The van der Waals surface area contributed by atoms with E-state index in [9.17, 15) is 9.59 Å². The summed E-state index contributed by atoms with van der Waals surface area (Å²) in [6.07, 6.45) is 0.851. The van der Waals surface area contributed by atoms with Crippen molar-refractivity contribution in [2.45, 2.75) is 19.3 Å². The molecule has 0 bridgehead atoms. The molecule has 0 radical (unpaired) electrons. The van der Waals surface area contributed by atoms with Crippen molar-refractivity contribution < 1.29 is 24.4 Å². The van der Waals surface area contributed by atoms with E-state index in [1.807, 2.05) is 30.3 Å². The molecule has 164 valence electrons. The number of aromatic amines is 1. The zero-order valence-electron chi connectivity index (χ0n) is 17.0. The lowest BCUT2D eigenvalue weighted by Crippen LogP contribution is -2.34. The highest BCUT2D eigenvalue weighted by Crippen LogP contribution is 2.26. The molecule has 0 saturated heterocycles. The zero-order valence-corrected chi connectivity index (χ0v) is 17.0. The molecular weight excluding hydrogens is 404 g/mol. The third-order valence-corrected chi connectivity index (χ3v) is 4.51. The number of hydrogen-bond acceptors (Lipinski definition) is 7. The highest BCUT2D eigenvalue weighted by Gasteiger charge is 2.10. The Bertz CT molecular complexity index is 1120. The molecule has 0 atom stereocenters. The Kier molecular flexibility index (Phi) is 7.60. The highest BCUT2D eigenvalue weighted by molar-refractivity contribution is 5.38. The van der Waals surface area contributed by atoms with E-state index in [4.69, 9.17) is 24.4 Å². The van der Waals surface area contributed by atoms with Crippen LogP contribution < -0.4 is 20.7 Å². The van der Waals surface area contributed by atoms with Crippen LogP contribution in [0.3, 0.4) is 0 Å². The Balaban J connectivity index is 1.77. The highest BCUT2D eigenvalue weighted by atomic mass is 16.5. The standard InChI is InChI=1S/C22H24N2O7/c1-29-17-5-3-7-19(10-17)31-18-6-2-4-15(9-18)8-16-11-24(22(28)23-21(16)27)14-30-20(12-25)13-26/h2-7,9-11,20,25-26H,8,12-14H2,1H3,(H,23,27,28). The van der Waals surface area contributed by atoms with Gasteiger partial charge in [0.2, 0.25) is 0 Å². The number of nitrogens with one attached hydrogen (secondary N) is 1. The van der Waals surface area contributed by atoms with Gasteiger partial charge in [-0.25, -0.2) is 4.79 Å². The summed E-state index contributed by atoms with van der Waals surface area (Å²) in [5.41, 5.74) is 0.0200. The van der Waals surface area contributed by atoms with Crippen LogP contribution in [0, 0.1) is 0 Å². The number of rotatable bonds is 10. The Labute approximate surface area is 178 Å². The maximum Gasteiger partial charge on any atom is 0.330 e. The summed E-state index contributed by atoms with van der Waals surface area (Å²) in [6.45, 7) is -0.990. The first kappa shape index (κ1) is 22.3. The second-order valence-corrected chi connectivity index (χ2v) is 6.77. The van der Waals surface area contributed by atoms with Gasteiger partial charge in [0.05, 0.1) is 20.3 Å². The summed E-state index contributed by atoms with van der Waals surface area (Å²) < 4.78 is 17.5. The monoisotopic (exact) mass is 428 g/mol. The predicted molar refractivity (Wildman–Crippen MR) is 113 cm³/mol. The number of aliphatic hydroxyl groups excluding tert-OH is 2. The van der Waals surface area contributed by atoms with Crippen LogP contribution in [0.25, 0.3) is 0 Å². The van der Waals surface area contributed by atoms with Crippen molar-refractivity contribution >= 4 is 0 Å². The molecule has 0 aliphatic rings. The van der Waals surface area contributed by atoms with Crippen LogP contribution in [0.4, 0.5) is 0 Å². The van der Waals surface area contributed by atoms with Gasteiger partial charge in [-0.1, -0.05) is 18.2 Å². The van der Waals surface area contributed by atoms with Crippen molar-refractivity contribution in [3.8, 4) is 17.2 Å². The molecule has 1 heterocycles. The first-order valence-electron chi connectivity index (χ1n) is 9.59.